The molecule has 0 N–H and O–H groups in total. The fraction of sp³-hybridized carbons (Fsp3) is 0.158. The molecule has 0 aliphatic carbocycles. The van der Waals surface area contributed by atoms with Crippen molar-refractivity contribution in [3.8, 4) is 17.6 Å². The van der Waals surface area contributed by atoms with E-state index in [1.165, 1.54) is 20.3 Å². The van der Waals surface area contributed by atoms with E-state index in [4.69, 9.17) is 14.7 Å². The molecular formula is C19H16BrNO4. The minimum absolute atomic E-state index is 0.102. The van der Waals surface area contributed by atoms with Gasteiger partial charge in [-0.25, -0.2) is 4.79 Å². The Bertz CT molecular complexity index is 825. The third-order valence-corrected chi connectivity index (χ3v) is 3.90. The Kier molecular flexibility index (Phi) is 6.61. The third-order valence-electron chi connectivity index (χ3n) is 3.31. The predicted octanol–water partition coefficient (Wildman–Crippen LogP) is 4.12. The summed E-state index contributed by atoms with van der Waals surface area (Å²) in [7, 11) is 2.75. The van der Waals surface area contributed by atoms with Gasteiger partial charge in [0, 0.05) is 0 Å². The van der Waals surface area contributed by atoms with Gasteiger partial charge in [0.2, 0.25) is 0 Å². The van der Waals surface area contributed by atoms with Gasteiger partial charge >= 0.3 is 5.97 Å². The fourth-order valence-corrected chi connectivity index (χ4v) is 2.68. The monoisotopic (exact) mass is 401 g/mol. The molecule has 2 aromatic rings. The molecule has 5 nitrogen and oxygen atoms in total. The first-order chi connectivity index (χ1) is 12.1. The Labute approximate surface area is 154 Å². The van der Waals surface area contributed by atoms with Crippen molar-refractivity contribution < 1.29 is 19.0 Å². The molecule has 6 heteroatoms. The van der Waals surface area contributed by atoms with Gasteiger partial charge < -0.3 is 14.2 Å². The van der Waals surface area contributed by atoms with Crippen molar-refractivity contribution in [3.63, 3.8) is 0 Å². The van der Waals surface area contributed by atoms with Gasteiger partial charge in [-0.1, -0.05) is 30.3 Å². The number of hydrogen-bond acceptors (Lipinski definition) is 5. The van der Waals surface area contributed by atoms with Gasteiger partial charge in [0.25, 0.3) is 0 Å². The summed E-state index contributed by atoms with van der Waals surface area (Å²) in [6.07, 6.45) is 1.43. The molecule has 128 valence electrons. The van der Waals surface area contributed by atoms with Crippen molar-refractivity contribution in [2.45, 2.75) is 6.61 Å². The first-order valence-corrected chi connectivity index (χ1v) is 8.12. The highest BCUT2D eigenvalue weighted by Crippen LogP contribution is 2.37. The number of halogens is 1. The van der Waals surface area contributed by atoms with Crippen LogP contribution < -0.4 is 9.47 Å². The van der Waals surface area contributed by atoms with Gasteiger partial charge in [-0.2, -0.15) is 5.26 Å². The molecule has 0 aromatic heterocycles. The van der Waals surface area contributed by atoms with Gasteiger partial charge in [0.1, 0.15) is 18.2 Å². The molecule has 25 heavy (non-hydrogen) atoms. The number of nitriles is 1. The molecule has 0 amide bonds. The van der Waals surface area contributed by atoms with Crippen LogP contribution in [0.1, 0.15) is 11.1 Å². The van der Waals surface area contributed by atoms with Crippen LogP contribution in [0.5, 0.6) is 11.5 Å². The van der Waals surface area contributed by atoms with Crippen LogP contribution in [0.15, 0.2) is 52.5 Å². The highest BCUT2D eigenvalue weighted by molar-refractivity contribution is 9.10. The summed E-state index contributed by atoms with van der Waals surface area (Å²) in [6.45, 7) is 0.386. The van der Waals surface area contributed by atoms with Crippen LogP contribution in [-0.2, 0) is 16.1 Å². The summed E-state index contributed by atoms with van der Waals surface area (Å²) < 4.78 is 16.4. The Morgan fingerprint density at radius 2 is 1.96 bits per heavy atom. The van der Waals surface area contributed by atoms with Gasteiger partial charge in [-0.15, -0.1) is 0 Å². The Morgan fingerprint density at radius 1 is 1.24 bits per heavy atom. The summed E-state index contributed by atoms with van der Waals surface area (Å²) >= 11 is 3.44. The fourth-order valence-electron chi connectivity index (χ4n) is 2.11. The van der Waals surface area contributed by atoms with E-state index in [-0.39, 0.29) is 5.57 Å². The number of carbonyl (C=O) groups excluding carboxylic acids is 1. The van der Waals surface area contributed by atoms with E-state index in [2.05, 4.69) is 20.7 Å². The maximum Gasteiger partial charge on any atom is 0.348 e. The molecular weight excluding hydrogens is 386 g/mol. The van der Waals surface area contributed by atoms with Crippen molar-refractivity contribution >= 4 is 28.0 Å². The minimum Gasteiger partial charge on any atom is -0.493 e. The van der Waals surface area contributed by atoms with E-state index in [9.17, 15) is 4.79 Å². The molecule has 0 fully saturated rings. The largest absolute Gasteiger partial charge is 0.493 e. The molecule has 2 rings (SSSR count). The van der Waals surface area contributed by atoms with Crippen molar-refractivity contribution in [1.29, 1.82) is 5.26 Å². The zero-order chi connectivity index (χ0) is 18.2. The lowest BCUT2D eigenvalue weighted by Gasteiger charge is -2.13. The molecule has 0 radical (unpaired) electrons. The van der Waals surface area contributed by atoms with E-state index in [0.29, 0.717) is 28.1 Å². The maximum absolute atomic E-state index is 11.5. The summed E-state index contributed by atoms with van der Waals surface area (Å²) in [5, 5.41) is 9.06. The second-order valence-electron chi connectivity index (χ2n) is 4.97. The smallest absolute Gasteiger partial charge is 0.348 e. The lowest BCUT2D eigenvalue weighted by atomic mass is 10.1. The van der Waals surface area contributed by atoms with Gasteiger partial charge in [0.15, 0.2) is 11.5 Å². The van der Waals surface area contributed by atoms with Crippen LogP contribution in [0.25, 0.3) is 6.08 Å². The Morgan fingerprint density at radius 3 is 2.56 bits per heavy atom. The normalized spacial score (nSPS) is 10.7. The number of nitrogens with zero attached hydrogens (tertiary/aromatic N) is 1. The summed E-state index contributed by atoms with van der Waals surface area (Å²) in [6, 6.07) is 15.0. The van der Waals surface area contributed by atoms with E-state index in [0.717, 1.165) is 5.56 Å². The van der Waals surface area contributed by atoms with E-state index >= 15 is 0 Å². The molecule has 0 spiro atoms. The van der Waals surface area contributed by atoms with E-state index in [1.54, 1.807) is 12.1 Å². The highest BCUT2D eigenvalue weighted by Gasteiger charge is 2.14. The molecule has 0 heterocycles. The zero-order valence-corrected chi connectivity index (χ0v) is 15.4. The number of rotatable bonds is 6. The number of esters is 1. The second kappa shape index (κ2) is 8.90. The number of hydrogen-bond donors (Lipinski definition) is 0. The maximum atomic E-state index is 11.5. The van der Waals surface area contributed by atoms with Crippen molar-refractivity contribution in [1.82, 2.24) is 0 Å². The Balaban J connectivity index is 2.30. The number of ether oxygens (including phenoxy) is 3. The van der Waals surface area contributed by atoms with Gasteiger partial charge in [-0.3, -0.25) is 0 Å². The standard InChI is InChI=1S/C19H16BrNO4/c1-23-17-10-14(8-15(11-21)19(22)24-2)9-16(20)18(17)25-12-13-6-4-3-5-7-13/h3-10H,12H2,1-2H3/b15-8-. The molecule has 0 atom stereocenters. The van der Waals surface area contributed by atoms with Crippen LogP contribution in [0.4, 0.5) is 0 Å². The van der Waals surface area contributed by atoms with Crippen LogP contribution >= 0.6 is 15.9 Å². The van der Waals surface area contributed by atoms with Gasteiger partial charge in [0.05, 0.1) is 18.7 Å². The minimum atomic E-state index is -0.693. The molecule has 0 unspecified atom stereocenters. The van der Waals surface area contributed by atoms with Crippen molar-refractivity contribution in [2.24, 2.45) is 0 Å². The molecule has 0 saturated carbocycles. The second-order valence-corrected chi connectivity index (χ2v) is 5.82. The number of carbonyl (C=O) groups is 1. The molecule has 2 aromatic carbocycles. The highest BCUT2D eigenvalue weighted by atomic mass is 79.9. The third kappa shape index (κ3) is 4.85. The quantitative estimate of drug-likeness (QED) is 0.413. The average Bonchev–Trinajstić information content (AvgIpc) is 2.65. The summed E-state index contributed by atoms with van der Waals surface area (Å²) in [5.41, 5.74) is 1.53. The molecule has 0 aliphatic heterocycles. The lowest BCUT2D eigenvalue weighted by molar-refractivity contribution is -0.135. The first kappa shape index (κ1) is 18.6. The molecule has 0 bridgehead atoms. The Hall–Kier alpha value is -2.78. The first-order valence-electron chi connectivity index (χ1n) is 7.33. The van der Waals surface area contributed by atoms with Gasteiger partial charge in [-0.05, 0) is 45.3 Å². The topological polar surface area (TPSA) is 68.6 Å². The summed E-state index contributed by atoms with van der Waals surface area (Å²) in [5.74, 6) is 0.334. The lowest BCUT2D eigenvalue weighted by Crippen LogP contribution is -2.03. The number of methoxy groups -OCH3 is 2. The van der Waals surface area contributed by atoms with Crippen molar-refractivity contribution in [3.05, 3.63) is 63.6 Å². The molecule has 0 saturated heterocycles. The van der Waals surface area contributed by atoms with E-state index < -0.39 is 5.97 Å². The van der Waals surface area contributed by atoms with Crippen molar-refractivity contribution in [2.75, 3.05) is 14.2 Å². The summed E-state index contributed by atoms with van der Waals surface area (Å²) in [4.78, 5) is 11.5. The van der Waals surface area contributed by atoms with Crippen LogP contribution in [0, 0.1) is 11.3 Å². The van der Waals surface area contributed by atoms with Crippen LogP contribution in [-0.4, -0.2) is 20.2 Å². The number of benzene rings is 2. The zero-order valence-electron chi connectivity index (χ0n) is 13.8. The van der Waals surface area contributed by atoms with Crippen LogP contribution in [0.2, 0.25) is 0 Å². The SMILES string of the molecule is COC(=O)/C(C#N)=C\c1cc(Br)c(OCc2ccccc2)c(OC)c1. The van der Waals surface area contributed by atoms with E-state index in [1.807, 2.05) is 36.4 Å². The molecule has 0 aliphatic rings. The van der Waals surface area contributed by atoms with Crippen LogP contribution in [0.3, 0.4) is 0 Å². The average molecular weight is 402 g/mol. The predicted molar refractivity (Wildman–Crippen MR) is 97.1 cm³/mol.